The van der Waals surface area contributed by atoms with Gasteiger partial charge in [0.2, 0.25) is 0 Å². The number of rotatable bonds is 10. The van der Waals surface area contributed by atoms with Crippen molar-refractivity contribution in [2.45, 2.75) is 32.7 Å². The topological polar surface area (TPSA) is 79.9 Å². The number of hydrogen-bond acceptors (Lipinski definition) is 5. The van der Waals surface area contributed by atoms with E-state index in [-0.39, 0.29) is 11.8 Å². The average Bonchev–Trinajstić information content (AvgIpc) is 2.93. The van der Waals surface area contributed by atoms with Gasteiger partial charge in [0.25, 0.3) is 11.8 Å². The van der Waals surface area contributed by atoms with Gasteiger partial charge < -0.3 is 20.1 Å². The van der Waals surface area contributed by atoms with Crippen molar-refractivity contribution in [3.8, 4) is 11.5 Å². The molecule has 1 aliphatic heterocycles. The third-order valence-electron chi connectivity index (χ3n) is 6.93. The summed E-state index contributed by atoms with van der Waals surface area (Å²) in [6.07, 6.45) is 3.17. The van der Waals surface area contributed by atoms with Crippen molar-refractivity contribution in [1.29, 1.82) is 0 Å². The Labute approximate surface area is 225 Å². The van der Waals surface area contributed by atoms with Crippen LogP contribution in [0.1, 0.15) is 51.6 Å². The van der Waals surface area contributed by atoms with E-state index in [4.69, 9.17) is 9.47 Å². The van der Waals surface area contributed by atoms with Crippen molar-refractivity contribution >= 4 is 17.5 Å². The van der Waals surface area contributed by atoms with E-state index in [1.807, 2.05) is 42.5 Å². The Kier molecular flexibility index (Phi) is 9.38. The SMILES string of the molecule is COc1ccc(CCNC(=O)c2ccccc2NC(=O)c2ccc(CN3CCC[C@H](C)C3)cc2)cc1OC. The maximum atomic E-state index is 13.0. The molecule has 200 valence electrons. The Bertz CT molecular complexity index is 1240. The minimum atomic E-state index is -0.243. The highest BCUT2D eigenvalue weighted by Crippen LogP contribution is 2.27. The zero-order chi connectivity index (χ0) is 26.9. The molecule has 38 heavy (non-hydrogen) atoms. The molecule has 0 unspecified atom stereocenters. The molecule has 1 heterocycles. The lowest BCUT2D eigenvalue weighted by molar-refractivity contribution is 0.0955. The summed E-state index contributed by atoms with van der Waals surface area (Å²) in [7, 11) is 3.19. The molecular formula is C31H37N3O4. The zero-order valence-corrected chi connectivity index (χ0v) is 22.5. The number of carbonyl (C=O) groups is 2. The summed E-state index contributed by atoms with van der Waals surface area (Å²) in [5.74, 6) is 1.56. The lowest BCUT2D eigenvalue weighted by Crippen LogP contribution is -2.33. The molecule has 1 atom stereocenters. The molecule has 0 radical (unpaired) electrons. The van der Waals surface area contributed by atoms with Crippen molar-refractivity contribution < 1.29 is 19.1 Å². The van der Waals surface area contributed by atoms with Gasteiger partial charge in [0, 0.05) is 25.2 Å². The van der Waals surface area contributed by atoms with Crippen LogP contribution in [0.5, 0.6) is 11.5 Å². The fourth-order valence-corrected chi connectivity index (χ4v) is 4.89. The van der Waals surface area contributed by atoms with Crippen LogP contribution in [-0.2, 0) is 13.0 Å². The Morgan fingerprint density at radius 1 is 0.921 bits per heavy atom. The number of anilines is 1. The molecule has 1 fully saturated rings. The number of para-hydroxylation sites is 1. The first-order valence-electron chi connectivity index (χ1n) is 13.2. The molecule has 0 saturated carbocycles. The maximum absolute atomic E-state index is 13.0. The number of hydrogen-bond donors (Lipinski definition) is 2. The number of carbonyl (C=O) groups excluding carboxylic acids is 2. The monoisotopic (exact) mass is 515 g/mol. The van der Waals surface area contributed by atoms with Gasteiger partial charge in [-0.25, -0.2) is 0 Å². The van der Waals surface area contributed by atoms with Crippen LogP contribution in [0.15, 0.2) is 66.7 Å². The molecule has 1 aliphatic rings. The number of nitrogens with zero attached hydrogens (tertiary/aromatic N) is 1. The lowest BCUT2D eigenvalue weighted by atomic mass is 9.99. The minimum Gasteiger partial charge on any atom is -0.493 e. The fraction of sp³-hybridized carbons (Fsp3) is 0.355. The second-order valence-corrected chi connectivity index (χ2v) is 9.87. The van der Waals surface area contributed by atoms with Gasteiger partial charge in [-0.2, -0.15) is 0 Å². The Balaban J connectivity index is 1.33. The first-order chi connectivity index (χ1) is 18.5. The van der Waals surface area contributed by atoms with Gasteiger partial charge in [-0.1, -0.05) is 37.3 Å². The molecule has 3 aromatic rings. The predicted molar refractivity (Wildman–Crippen MR) is 150 cm³/mol. The third-order valence-corrected chi connectivity index (χ3v) is 6.93. The number of amides is 2. The van der Waals surface area contributed by atoms with E-state index in [2.05, 4.69) is 22.5 Å². The second-order valence-electron chi connectivity index (χ2n) is 9.87. The molecule has 0 spiro atoms. The van der Waals surface area contributed by atoms with Crippen molar-refractivity contribution in [2.75, 3.05) is 39.2 Å². The number of benzene rings is 3. The summed E-state index contributed by atoms with van der Waals surface area (Å²) in [6.45, 7) is 5.89. The molecule has 2 amide bonds. The summed E-state index contributed by atoms with van der Waals surface area (Å²) in [5.41, 5.74) is 3.67. The van der Waals surface area contributed by atoms with Crippen LogP contribution in [0.2, 0.25) is 0 Å². The van der Waals surface area contributed by atoms with Crippen molar-refractivity contribution in [1.82, 2.24) is 10.2 Å². The van der Waals surface area contributed by atoms with Gasteiger partial charge in [-0.15, -0.1) is 0 Å². The summed E-state index contributed by atoms with van der Waals surface area (Å²) >= 11 is 0. The summed E-state index contributed by atoms with van der Waals surface area (Å²) in [4.78, 5) is 28.4. The van der Waals surface area contributed by atoms with E-state index in [9.17, 15) is 9.59 Å². The highest BCUT2D eigenvalue weighted by molar-refractivity contribution is 6.09. The molecular weight excluding hydrogens is 478 g/mol. The number of piperidine rings is 1. The molecule has 2 N–H and O–H groups in total. The van der Waals surface area contributed by atoms with Crippen LogP contribution in [-0.4, -0.2) is 50.6 Å². The molecule has 0 aromatic heterocycles. The van der Waals surface area contributed by atoms with Gasteiger partial charge in [0.15, 0.2) is 11.5 Å². The lowest BCUT2D eigenvalue weighted by Gasteiger charge is -2.30. The maximum Gasteiger partial charge on any atom is 0.255 e. The standard InChI is InChI=1S/C31H37N3O4/c1-22-7-6-18-34(20-22)21-24-10-13-25(14-11-24)30(35)33-27-9-5-4-8-26(27)31(36)32-17-16-23-12-15-28(37-2)29(19-23)38-3/h4-5,8-15,19,22H,6-7,16-18,20-21H2,1-3H3,(H,32,36)(H,33,35)/t22-/m0/s1. The third kappa shape index (κ3) is 7.13. The van der Waals surface area contributed by atoms with Gasteiger partial charge in [0.1, 0.15) is 0 Å². The van der Waals surface area contributed by atoms with Crippen molar-refractivity contribution in [3.05, 3.63) is 89.0 Å². The number of methoxy groups -OCH3 is 2. The number of nitrogens with one attached hydrogen (secondary N) is 2. The Hall–Kier alpha value is -3.84. The van der Waals surface area contributed by atoms with Crippen LogP contribution < -0.4 is 20.1 Å². The molecule has 4 rings (SSSR count). The molecule has 0 aliphatic carbocycles. The van der Waals surface area contributed by atoms with Gasteiger partial charge in [-0.3, -0.25) is 14.5 Å². The predicted octanol–water partition coefficient (Wildman–Crippen LogP) is 5.16. The normalized spacial score (nSPS) is 15.5. The summed E-state index contributed by atoms with van der Waals surface area (Å²) < 4.78 is 10.6. The first kappa shape index (κ1) is 27.2. The Morgan fingerprint density at radius 3 is 2.39 bits per heavy atom. The second kappa shape index (κ2) is 13.1. The van der Waals surface area contributed by atoms with E-state index in [1.165, 1.54) is 18.4 Å². The Morgan fingerprint density at radius 2 is 1.66 bits per heavy atom. The van der Waals surface area contributed by atoms with Crippen LogP contribution in [0.25, 0.3) is 0 Å². The smallest absolute Gasteiger partial charge is 0.255 e. The zero-order valence-electron chi connectivity index (χ0n) is 22.5. The van der Waals surface area contributed by atoms with Gasteiger partial charge >= 0.3 is 0 Å². The molecule has 7 nitrogen and oxygen atoms in total. The first-order valence-corrected chi connectivity index (χ1v) is 13.2. The number of likely N-dealkylation sites (tertiary alicyclic amines) is 1. The molecule has 7 heteroatoms. The number of ether oxygens (including phenoxy) is 2. The minimum absolute atomic E-state index is 0.242. The molecule has 1 saturated heterocycles. The summed E-state index contributed by atoms with van der Waals surface area (Å²) in [6, 6.07) is 20.5. The van der Waals surface area contributed by atoms with Crippen LogP contribution in [0.3, 0.4) is 0 Å². The van der Waals surface area contributed by atoms with Crippen LogP contribution in [0, 0.1) is 5.92 Å². The quantitative estimate of drug-likeness (QED) is 0.390. The van der Waals surface area contributed by atoms with Crippen LogP contribution >= 0.6 is 0 Å². The fourth-order valence-electron chi connectivity index (χ4n) is 4.89. The van der Waals surface area contributed by atoms with E-state index in [0.717, 1.165) is 31.1 Å². The van der Waals surface area contributed by atoms with E-state index in [0.29, 0.717) is 41.3 Å². The van der Waals surface area contributed by atoms with Crippen LogP contribution in [0.4, 0.5) is 5.69 Å². The van der Waals surface area contributed by atoms with E-state index < -0.39 is 0 Å². The van der Waals surface area contributed by atoms with Crippen molar-refractivity contribution in [2.24, 2.45) is 5.92 Å². The van der Waals surface area contributed by atoms with E-state index >= 15 is 0 Å². The highest BCUT2D eigenvalue weighted by Gasteiger charge is 2.17. The molecule has 3 aromatic carbocycles. The average molecular weight is 516 g/mol. The molecule has 0 bridgehead atoms. The van der Waals surface area contributed by atoms with E-state index in [1.54, 1.807) is 38.5 Å². The van der Waals surface area contributed by atoms with Gasteiger partial charge in [-0.05, 0) is 79.3 Å². The summed E-state index contributed by atoms with van der Waals surface area (Å²) in [5, 5.41) is 5.86. The van der Waals surface area contributed by atoms with Crippen molar-refractivity contribution in [3.63, 3.8) is 0 Å². The highest BCUT2D eigenvalue weighted by atomic mass is 16.5. The largest absolute Gasteiger partial charge is 0.493 e. The van der Waals surface area contributed by atoms with Gasteiger partial charge in [0.05, 0.1) is 25.5 Å².